The van der Waals surface area contributed by atoms with Crippen molar-refractivity contribution in [3.8, 4) is 23.2 Å². The maximum atomic E-state index is 6.39. The molecule has 0 atom stereocenters. The number of thioether (sulfide) groups is 2. The first-order valence-corrected chi connectivity index (χ1v) is 13.0. The Balaban J connectivity index is 1.28. The van der Waals surface area contributed by atoms with Crippen molar-refractivity contribution in [2.75, 3.05) is 11.5 Å². The zero-order valence-electron chi connectivity index (χ0n) is 18.5. The van der Waals surface area contributed by atoms with Crippen LogP contribution in [0.1, 0.15) is 31.7 Å². The number of hydrogen-bond donors (Lipinski definition) is 0. The lowest BCUT2D eigenvalue weighted by molar-refractivity contribution is 0.461. The first kappa shape index (κ1) is 24.1. The number of aromatic nitrogens is 8. The molecule has 10 nitrogen and oxygen atoms in total. The Bertz CT molecular complexity index is 1150. The molecule has 0 saturated carbocycles. The fourth-order valence-corrected chi connectivity index (χ4v) is 5.46. The fourth-order valence-electron chi connectivity index (χ4n) is 3.13. The summed E-state index contributed by atoms with van der Waals surface area (Å²) in [4.78, 5) is 0. The molecule has 0 unspecified atom stereocenters. The van der Waals surface area contributed by atoms with Crippen LogP contribution in [0.15, 0.2) is 19.3 Å². The minimum Gasteiger partial charge on any atom is -0.410 e. The van der Waals surface area contributed by atoms with Crippen LogP contribution in [0.3, 0.4) is 0 Å². The molecule has 4 aromatic heterocycles. The Labute approximate surface area is 208 Å². The minimum atomic E-state index is 0.366. The van der Waals surface area contributed by atoms with E-state index in [0.717, 1.165) is 42.2 Å². The molecular formula is C19H22Cl2N8O2S2. The van der Waals surface area contributed by atoms with Crippen molar-refractivity contribution in [1.29, 1.82) is 0 Å². The lowest BCUT2D eigenvalue weighted by Crippen LogP contribution is -1.94. The van der Waals surface area contributed by atoms with Gasteiger partial charge in [0.05, 0.1) is 21.4 Å². The molecule has 0 fully saturated rings. The SMILES string of the molecule is CCc1nn(C)c(-c2nnc(SCCCSc3nnc(-c4c(Cl)c(CC)nn4C)o3)o2)c1Cl. The summed E-state index contributed by atoms with van der Waals surface area (Å²) in [6.45, 7) is 3.99. The fraction of sp³-hybridized carbons (Fsp3) is 0.474. The van der Waals surface area contributed by atoms with Gasteiger partial charge >= 0.3 is 0 Å². The molecule has 0 saturated heterocycles. The maximum Gasteiger partial charge on any atom is 0.276 e. The lowest BCUT2D eigenvalue weighted by atomic mass is 10.3. The molecule has 0 aliphatic carbocycles. The van der Waals surface area contributed by atoms with E-state index >= 15 is 0 Å². The highest BCUT2D eigenvalue weighted by molar-refractivity contribution is 7.99. The standard InChI is InChI=1S/C19H22Cl2N8O2S2/c1-5-10-12(20)14(28(3)26-10)16-22-24-18(30-16)32-8-7-9-33-19-25-23-17(31-19)15-13(21)11(6-2)27-29(15)4/h5-9H2,1-4H3. The van der Waals surface area contributed by atoms with Gasteiger partial charge in [0.2, 0.25) is 0 Å². The van der Waals surface area contributed by atoms with Gasteiger partial charge in [0.25, 0.3) is 22.2 Å². The molecular weight excluding hydrogens is 507 g/mol. The quantitative estimate of drug-likeness (QED) is 0.206. The summed E-state index contributed by atoms with van der Waals surface area (Å²) in [7, 11) is 3.62. The Morgan fingerprint density at radius 3 is 1.52 bits per heavy atom. The van der Waals surface area contributed by atoms with Crippen LogP contribution in [0.2, 0.25) is 10.0 Å². The third-order valence-electron chi connectivity index (χ3n) is 4.74. The molecule has 4 heterocycles. The smallest absolute Gasteiger partial charge is 0.276 e. The van der Waals surface area contributed by atoms with E-state index in [9.17, 15) is 0 Å². The van der Waals surface area contributed by atoms with E-state index in [1.165, 1.54) is 23.5 Å². The molecule has 33 heavy (non-hydrogen) atoms. The molecule has 0 amide bonds. The largest absolute Gasteiger partial charge is 0.410 e. The second-order valence-electron chi connectivity index (χ2n) is 6.97. The van der Waals surface area contributed by atoms with Gasteiger partial charge in [0.1, 0.15) is 11.4 Å². The molecule has 0 radical (unpaired) electrons. The van der Waals surface area contributed by atoms with Gasteiger partial charge in [-0.2, -0.15) is 10.2 Å². The maximum absolute atomic E-state index is 6.39. The van der Waals surface area contributed by atoms with E-state index < -0.39 is 0 Å². The van der Waals surface area contributed by atoms with E-state index in [0.29, 0.717) is 43.7 Å². The molecule has 14 heteroatoms. The predicted molar refractivity (Wildman–Crippen MR) is 128 cm³/mol. The third-order valence-corrected chi connectivity index (χ3v) is 7.34. The summed E-state index contributed by atoms with van der Waals surface area (Å²) >= 11 is 15.8. The molecule has 0 aliphatic rings. The summed E-state index contributed by atoms with van der Waals surface area (Å²) < 4.78 is 14.9. The molecule has 0 N–H and O–H groups in total. The van der Waals surface area contributed by atoms with Crippen molar-refractivity contribution in [3.63, 3.8) is 0 Å². The normalized spacial score (nSPS) is 11.6. The summed E-state index contributed by atoms with van der Waals surface area (Å²) in [5, 5.41) is 27.3. The van der Waals surface area contributed by atoms with Gasteiger partial charge in [0.15, 0.2) is 0 Å². The van der Waals surface area contributed by atoms with Gasteiger partial charge in [-0.3, -0.25) is 9.36 Å². The van der Waals surface area contributed by atoms with Crippen LogP contribution in [0.5, 0.6) is 0 Å². The van der Waals surface area contributed by atoms with Crippen molar-refractivity contribution in [1.82, 2.24) is 40.0 Å². The Hall–Kier alpha value is -2.02. The number of hydrogen-bond acceptors (Lipinski definition) is 10. The second kappa shape index (κ2) is 10.5. The van der Waals surface area contributed by atoms with Crippen molar-refractivity contribution < 1.29 is 8.83 Å². The van der Waals surface area contributed by atoms with E-state index in [4.69, 9.17) is 32.0 Å². The molecule has 0 aliphatic heterocycles. The van der Waals surface area contributed by atoms with Gasteiger partial charge in [-0.15, -0.1) is 20.4 Å². The zero-order chi connectivity index (χ0) is 23.5. The van der Waals surface area contributed by atoms with E-state index in [2.05, 4.69) is 30.6 Å². The van der Waals surface area contributed by atoms with Crippen LogP contribution in [0.4, 0.5) is 0 Å². The van der Waals surface area contributed by atoms with E-state index in [1.54, 1.807) is 9.36 Å². The summed E-state index contributed by atoms with van der Waals surface area (Å²) in [6, 6.07) is 0. The monoisotopic (exact) mass is 528 g/mol. The average molecular weight is 529 g/mol. The minimum absolute atomic E-state index is 0.366. The predicted octanol–water partition coefficient (Wildman–Crippen LogP) is 4.96. The Morgan fingerprint density at radius 2 is 1.15 bits per heavy atom. The van der Waals surface area contributed by atoms with Gasteiger partial charge < -0.3 is 8.83 Å². The first-order chi connectivity index (χ1) is 15.9. The third kappa shape index (κ3) is 5.08. The first-order valence-electron chi connectivity index (χ1n) is 10.3. The molecule has 0 spiro atoms. The van der Waals surface area contributed by atoms with Crippen LogP contribution in [0.25, 0.3) is 23.2 Å². The lowest BCUT2D eigenvalue weighted by Gasteiger charge is -1.97. The molecule has 4 aromatic rings. The highest BCUT2D eigenvalue weighted by atomic mass is 35.5. The zero-order valence-corrected chi connectivity index (χ0v) is 21.6. The molecule has 4 rings (SSSR count). The van der Waals surface area contributed by atoms with Crippen molar-refractivity contribution in [3.05, 3.63) is 21.4 Å². The molecule has 0 aromatic carbocycles. The topological polar surface area (TPSA) is 113 Å². The number of rotatable bonds is 10. The number of nitrogens with zero attached hydrogens (tertiary/aromatic N) is 8. The summed E-state index contributed by atoms with van der Waals surface area (Å²) in [5.41, 5.74) is 2.88. The highest BCUT2D eigenvalue weighted by Crippen LogP contribution is 2.33. The molecule has 176 valence electrons. The van der Waals surface area contributed by atoms with Gasteiger partial charge in [-0.1, -0.05) is 60.6 Å². The Morgan fingerprint density at radius 1 is 0.727 bits per heavy atom. The van der Waals surface area contributed by atoms with Crippen LogP contribution in [-0.2, 0) is 26.9 Å². The van der Waals surface area contributed by atoms with Crippen molar-refractivity contribution >= 4 is 46.7 Å². The van der Waals surface area contributed by atoms with E-state index in [1.807, 2.05) is 27.9 Å². The van der Waals surface area contributed by atoms with E-state index in [-0.39, 0.29) is 0 Å². The summed E-state index contributed by atoms with van der Waals surface area (Å²) in [5.74, 6) is 2.32. The second-order valence-corrected chi connectivity index (χ2v) is 9.82. The molecule has 0 bridgehead atoms. The van der Waals surface area contributed by atoms with Gasteiger partial charge in [0, 0.05) is 25.6 Å². The van der Waals surface area contributed by atoms with Crippen LogP contribution in [-0.4, -0.2) is 51.5 Å². The van der Waals surface area contributed by atoms with Gasteiger partial charge in [-0.05, 0) is 19.3 Å². The number of aryl methyl sites for hydroxylation is 4. The Kier molecular flexibility index (Phi) is 7.67. The highest BCUT2D eigenvalue weighted by Gasteiger charge is 2.21. The number of halogens is 2. The van der Waals surface area contributed by atoms with Crippen LogP contribution >= 0.6 is 46.7 Å². The van der Waals surface area contributed by atoms with Crippen LogP contribution < -0.4 is 0 Å². The van der Waals surface area contributed by atoms with Crippen molar-refractivity contribution in [2.24, 2.45) is 14.1 Å². The summed E-state index contributed by atoms with van der Waals surface area (Å²) in [6.07, 6.45) is 2.34. The van der Waals surface area contributed by atoms with Crippen molar-refractivity contribution in [2.45, 2.75) is 43.6 Å². The van der Waals surface area contributed by atoms with Crippen LogP contribution in [0, 0.1) is 0 Å². The average Bonchev–Trinajstić information content (AvgIpc) is 3.55. The van der Waals surface area contributed by atoms with Gasteiger partial charge in [-0.25, -0.2) is 0 Å².